The highest BCUT2D eigenvalue weighted by molar-refractivity contribution is 5.58. The van der Waals surface area contributed by atoms with Crippen molar-refractivity contribution in [2.45, 2.75) is 38.6 Å². The van der Waals surface area contributed by atoms with Crippen LogP contribution in [0.25, 0.3) is 11.3 Å². The van der Waals surface area contributed by atoms with E-state index in [4.69, 9.17) is 0 Å². The first kappa shape index (κ1) is 11.4. The molecule has 0 N–H and O–H groups in total. The second-order valence-electron chi connectivity index (χ2n) is 5.21. The van der Waals surface area contributed by atoms with Crippen molar-refractivity contribution in [3.8, 4) is 11.3 Å². The Balaban J connectivity index is 1.93. The van der Waals surface area contributed by atoms with E-state index in [1.165, 1.54) is 12.8 Å². The van der Waals surface area contributed by atoms with Gasteiger partial charge in [0.1, 0.15) is 11.5 Å². The number of aromatic nitrogens is 3. The number of hydrogen-bond donors (Lipinski definition) is 0. The Morgan fingerprint density at radius 2 is 2.11 bits per heavy atom. The summed E-state index contributed by atoms with van der Waals surface area (Å²) in [5.74, 6) is 0.0321. The summed E-state index contributed by atoms with van der Waals surface area (Å²) in [4.78, 5) is 0. The van der Waals surface area contributed by atoms with Crippen LogP contribution in [0.4, 0.5) is 4.39 Å². The molecule has 1 aliphatic rings. The summed E-state index contributed by atoms with van der Waals surface area (Å²) >= 11 is 0. The van der Waals surface area contributed by atoms with Gasteiger partial charge in [-0.15, -0.1) is 5.10 Å². The van der Waals surface area contributed by atoms with Crippen molar-refractivity contribution < 1.29 is 4.39 Å². The molecule has 0 amide bonds. The Morgan fingerprint density at radius 1 is 1.33 bits per heavy atom. The predicted molar refractivity (Wildman–Crippen MR) is 67.8 cm³/mol. The quantitative estimate of drug-likeness (QED) is 0.828. The third kappa shape index (κ3) is 2.03. The van der Waals surface area contributed by atoms with Gasteiger partial charge in [0.2, 0.25) is 0 Å². The van der Waals surface area contributed by atoms with Crippen LogP contribution in [0, 0.1) is 5.82 Å². The van der Waals surface area contributed by atoms with E-state index < -0.39 is 0 Å². The number of nitrogens with zero attached hydrogens (tertiary/aromatic N) is 3. The summed E-state index contributed by atoms with van der Waals surface area (Å²) in [6, 6.07) is 5.81. The maximum Gasteiger partial charge on any atom is 0.127 e. The predicted octanol–water partition coefficient (Wildman–Crippen LogP) is 3.54. The van der Waals surface area contributed by atoms with Crippen LogP contribution in [-0.2, 0) is 0 Å². The molecule has 0 aliphatic heterocycles. The SMILES string of the molecule is CC(C)c1ccc(-c2cn(C3CC3)nn2)cc1F. The molecule has 0 radical (unpaired) electrons. The van der Waals surface area contributed by atoms with Crippen LogP contribution in [0.3, 0.4) is 0 Å². The highest BCUT2D eigenvalue weighted by Gasteiger charge is 2.25. The molecular weight excluding hydrogens is 229 g/mol. The lowest BCUT2D eigenvalue weighted by atomic mass is 10.0. The fraction of sp³-hybridized carbons (Fsp3) is 0.429. The minimum atomic E-state index is -0.163. The lowest BCUT2D eigenvalue weighted by Gasteiger charge is -2.07. The molecule has 1 saturated carbocycles. The van der Waals surface area contributed by atoms with Crippen LogP contribution in [0.2, 0.25) is 0 Å². The first-order valence-corrected chi connectivity index (χ1v) is 6.37. The normalized spacial score (nSPS) is 15.3. The zero-order valence-electron chi connectivity index (χ0n) is 10.6. The Bertz CT molecular complexity index is 570. The Hall–Kier alpha value is -1.71. The molecular formula is C14H16FN3. The van der Waals surface area contributed by atoms with E-state index in [1.807, 2.05) is 36.9 Å². The third-order valence-electron chi connectivity index (χ3n) is 3.35. The maximum atomic E-state index is 13.9. The van der Waals surface area contributed by atoms with Crippen molar-refractivity contribution in [2.24, 2.45) is 0 Å². The molecule has 1 heterocycles. The second-order valence-corrected chi connectivity index (χ2v) is 5.21. The molecule has 1 aromatic heterocycles. The van der Waals surface area contributed by atoms with Gasteiger partial charge in [-0.3, -0.25) is 0 Å². The van der Waals surface area contributed by atoms with E-state index in [-0.39, 0.29) is 11.7 Å². The number of rotatable bonds is 3. The summed E-state index contributed by atoms with van der Waals surface area (Å²) < 4.78 is 15.8. The van der Waals surface area contributed by atoms with Gasteiger partial charge in [0.25, 0.3) is 0 Å². The van der Waals surface area contributed by atoms with E-state index in [1.54, 1.807) is 6.07 Å². The van der Waals surface area contributed by atoms with Crippen molar-refractivity contribution in [1.82, 2.24) is 15.0 Å². The van der Waals surface area contributed by atoms with Gasteiger partial charge in [-0.05, 0) is 30.4 Å². The van der Waals surface area contributed by atoms with E-state index in [2.05, 4.69) is 10.3 Å². The highest BCUT2D eigenvalue weighted by Crippen LogP contribution is 2.34. The van der Waals surface area contributed by atoms with Crippen LogP contribution >= 0.6 is 0 Å². The van der Waals surface area contributed by atoms with Crippen molar-refractivity contribution in [3.05, 3.63) is 35.8 Å². The van der Waals surface area contributed by atoms with Gasteiger partial charge < -0.3 is 0 Å². The maximum absolute atomic E-state index is 13.9. The fourth-order valence-electron chi connectivity index (χ4n) is 2.08. The van der Waals surface area contributed by atoms with E-state index in [9.17, 15) is 4.39 Å². The van der Waals surface area contributed by atoms with Crippen molar-refractivity contribution in [2.75, 3.05) is 0 Å². The molecule has 94 valence electrons. The molecule has 0 unspecified atom stereocenters. The molecule has 2 aromatic rings. The topological polar surface area (TPSA) is 30.7 Å². The number of halogens is 1. The van der Waals surface area contributed by atoms with E-state index in [0.717, 1.165) is 16.8 Å². The Labute approximate surface area is 106 Å². The van der Waals surface area contributed by atoms with Crippen molar-refractivity contribution in [1.29, 1.82) is 0 Å². The molecule has 0 saturated heterocycles. The van der Waals surface area contributed by atoms with E-state index in [0.29, 0.717) is 6.04 Å². The minimum Gasteiger partial charge on any atom is -0.249 e. The zero-order chi connectivity index (χ0) is 12.7. The number of hydrogen-bond acceptors (Lipinski definition) is 2. The molecule has 3 nitrogen and oxygen atoms in total. The number of benzene rings is 1. The average Bonchev–Trinajstić information content (AvgIpc) is 3.06. The van der Waals surface area contributed by atoms with Crippen molar-refractivity contribution >= 4 is 0 Å². The molecule has 4 heteroatoms. The van der Waals surface area contributed by atoms with Gasteiger partial charge in [0.05, 0.1) is 12.2 Å². The van der Waals surface area contributed by atoms with E-state index >= 15 is 0 Å². The summed E-state index contributed by atoms with van der Waals surface area (Å²) in [6.07, 6.45) is 4.24. The monoisotopic (exact) mass is 245 g/mol. The van der Waals surface area contributed by atoms with Gasteiger partial charge in [0.15, 0.2) is 0 Å². The molecule has 0 spiro atoms. The van der Waals surface area contributed by atoms with Gasteiger partial charge in [-0.2, -0.15) is 0 Å². The molecule has 0 bridgehead atoms. The molecule has 1 fully saturated rings. The summed E-state index contributed by atoms with van der Waals surface area (Å²) in [5, 5.41) is 8.20. The molecule has 1 aliphatic carbocycles. The van der Waals surface area contributed by atoms with Gasteiger partial charge in [-0.25, -0.2) is 9.07 Å². The largest absolute Gasteiger partial charge is 0.249 e. The summed E-state index contributed by atoms with van der Waals surface area (Å²) in [7, 11) is 0. The van der Waals surface area contributed by atoms with Crippen LogP contribution in [0.1, 0.15) is 44.2 Å². The standard InChI is InChI=1S/C14H16FN3/c1-9(2)12-6-3-10(7-13(12)15)14-8-18(17-16-14)11-4-5-11/h3,6-9,11H,4-5H2,1-2H3. The van der Waals surface area contributed by atoms with Gasteiger partial charge >= 0.3 is 0 Å². The third-order valence-corrected chi connectivity index (χ3v) is 3.35. The van der Waals surface area contributed by atoms with Crippen LogP contribution in [0.15, 0.2) is 24.4 Å². The lowest BCUT2D eigenvalue weighted by Crippen LogP contribution is -1.93. The fourth-order valence-corrected chi connectivity index (χ4v) is 2.08. The van der Waals surface area contributed by atoms with Crippen LogP contribution in [0.5, 0.6) is 0 Å². The molecule has 1 aromatic carbocycles. The molecule has 18 heavy (non-hydrogen) atoms. The van der Waals surface area contributed by atoms with Crippen LogP contribution < -0.4 is 0 Å². The Morgan fingerprint density at radius 3 is 2.72 bits per heavy atom. The first-order valence-electron chi connectivity index (χ1n) is 6.37. The molecule has 0 atom stereocenters. The average molecular weight is 245 g/mol. The van der Waals surface area contributed by atoms with Crippen molar-refractivity contribution in [3.63, 3.8) is 0 Å². The summed E-state index contributed by atoms with van der Waals surface area (Å²) in [6.45, 7) is 3.98. The zero-order valence-corrected chi connectivity index (χ0v) is 10.6. The summed E-state index contributed by atoms with van der Waals surface area (Å²) in [5.41, 5.74) is 2.29. The second kappa shape index (κ2) is 4.19. The van der Waals surface area contributed by atoms with Gasteiger partial charge in [-0.1, -0.05) is 31.2 Å². The lowest BCUT2D eigenvalue weighted by molar-refractivity contribution is 0.599. The minimum absolute atomic E-state index is 0.163. The Kier molecular flexibility index (Phi) is 2.65. The van der Waals surface area contributed by atoms with Gasteiger partial charge in [0, 0.05) is 5.56 Å². The smallest absolute Gasteiger partial charge is 0.127 e. The highest BCUT2D eigenvalue weighted by atomic mass is 19.1. The van der Waals surface area contributed by atoms with Crippen LogP contribution in [-0.4, -0.2) is 15.0 Å². The first-order chi connectivity index (χ1) is 8.65. The molecule has 3 rings (SSSR count).